The van der Waals surface area contributed by atoms with E-state index in [1.807, 2.05) is 0 Å². The quantitative estimate of drug-likeness (QED) is 0.883. The lowest BCUT2D eigenvalue weighted by Gasteiger charge is -2.02. The van der Waals surface area contributed by atoms with Crippen LogP contribution in [0.1, 0.15) is 10.4 Å². The second kappa shape index (κ2) is 5.29. The van der Waals surface area contributed by atoms with Gasteiger partial charge in [0.05, 0.1) is 5.56 Å². The highest BCUT2D eigenvalue weighted by Gasteiger charge is 2.09. The van der Waals surface area contributed by atoms with Crippen LogP contribution in [0.2, 0.25) is 0 Å². The molecule has 0 fully saturated rings. The van der Waals surface area contributed by atoms with Crippen LogP contribution in [0.5, 0.6) is 0 Å². The molecule has 0 aliphatic rings. The molecule has 1 aromatic carbocycles. The number of rotatable bonds is 3. The summed E-state index contributed by atoms with van der Waals surface area (Å²) >= 11 is 4.60. The van der Waals surface area contributed by atoms with Gasteiger partial charge in [0.15, 0.2) is 5.16 Å². The van der Waals surface area contributed by atoms with Gasteiger partial charge in [0, 0.05) is 21.8 Å². The van der Waals surface area contributed by atoms with Gasteiger partial charge in [0.1, 0.15) is 0 Å². The Morgan fingerprint density at radius 1 is 1.29 bits per heavy atom. The third-order valence-corrected chi connectivity index (χ3v) is 3.46. The van der Waals surface area contributed by atoms with E-state index in [-0.39, 0.29) is 5.56 Å². The van der Waals surface area contributed by atoms with Gasteiger partial charge in [-0.2, -0.15) is 0 Å². The van der Waals surface area contributed by atoms with E-state index in [4.69, 9.17) is 5.11 Å². The minimum absolute atomic E-state index is 0.239. The van der Waals surface area contributed by atoms with E-state index in [0.717, 1.165) is 4.90 Å². The molecule has 0 amide bonds. The van der Waals surface area contributed by atoms with Gasteiger partial charge in [-0.05, 0) is 52.0 Å². The number of hydrogen-bond donors (Lipinski definition) is 1. The Morgan fingerprint density at radius 2 is 2.00 bits per heavy atom. The van der Waals surface area contributed by atoms with Crippen molar-refractivity contribution in [1.29, 1.82) is 0 Å². The van der Waals surface area contributed by atoms with E-state index in [1.165, 1.54) is 11.8 Å². The van der Waals surface area contributed by atoms with Crippen LogP contribution in [0.15, 0.2) is 51.2 Å². The standard InChI is InChI=1S/C11H7BrN2O2S/c12-9-6-7(2-3-8(9)10(15)16)17-11-13-4-1-5-14-11/h1-6H,(H,15,16). The molecule has 1 aromatic heterocycles. The van der Waals surface area contributed by atoms with Crippen LogP contribution in [0.4, 0.5) is 0 Å². The van der Waals surface area contributed by atoms with Gasteiger partial charge in [-0.1, -0.05) is 0 Å². The normalized spacial score (nSPS) is 10.2. The Labute approximate surface area is 110 Å². The molecule has 0 atom stereocenters. The minimum Gasteiger partial charge on any atom is -0.478 e. The van der Waals surface area contributed by atoms with E-state index in [2.05, 4.69) is 25.9 Å². The van der Waals surface area contributed by atoms with Crippen molar-refractivity contribution in [3.05, 3.63) is 46.7 Å². The number of carboxylic acid groups (broad SMARTS) is 1. The average molecular weight is 311 g/mol. The Morgan fingerprint density at radius 3 is 2.59 bits per heavy atom. The molecule has 2 rings (SSSR count). The van der Waals surface area contributed by atoms with Gasteiger partial charge in [0.25, 0.3) is 0 Å². The fourth-order valence-corrected chi connectivity index (χ4v) is 2.63. The molecule has 0 spiro atoms. The molecule has 0 bridgehead atoms. The summed E-state index contributed by atoms with van der Waals surface area (Å²) < 4.78 is 0.547. The number of carboxylic acids is 1. The molecule has 4 nitrogen and oxygen atoms in total. The lowest BCUT2D eigenvalue weighted by Crippen LogP contribution is -1.97. The Balaban J connectivity index is 2.24. The van der Waals surface area contributed by atoms with Crippen LogP contribution >= 0.6 is 27.7 Å². The van der Waals surface area contributed by atoms with Crippen molar-refractivity contribution in [1.82, 2.24) is 9.97 Å². The van der Waals surface area contributed by atoms with Crippen molar-refractivity contribution in [3.63, 3.8) is 0 Å². The third-order valence-electron chi connectivity index (χ3n) is 1.92. The maximum atomic E-state index is 10.8. The first kappa shape index (κ1) is 12.1. The summed E-state index contributed by atoms with van der Waals surface area (Å²) in [5.41, 5.74) is 0.239. The van der Waals surface area contributed by atoms with Gasteiger partial charge in [-0.3, -0.25) is 0 Å². The summed E-state index contributed by atoms with van der Waals surface area (Å²) in [6.07, 6.45) is 3.33. The van der Waals surface area contributed by atoms with Crippen LogP contribution in [-0.2, 0) is 0 Å². The van der Waals surface area contributed by atoms with Gasteiger partial charge >= 0.3 is 5.97 Å². The lowest BCUT2D eigenvalue weighted by atomic mass is 10.2. The molecule has 0 aliphatic carbocycles. The van der Waals surface area contributed by atoms with Crippen molar-refractivity contribution >= 4 is 33.7 Å². The summed E-state index contributed by atoms with van der Waals surface area (Å²) in [6, 6.07) is 6.77. The van der Waals surface area contributed by atoms with Crippen molar-refractivity contribution in [3.8, 4) is 0 Å². The number of hydrogen-bond acceptors (Lipinski definition) is 4. The molecule has 1 heterocycles. The number of benzene rings is 1. The second-order valence-corrected chi connectivity index (χ2v) is 4.98. The lowest BCUT2D eigenvalue weighted by molar-refractivity contribution is 0.0696. The molecular weight excluding hydrogens is 304 g/mol. The molecule has 0 radical (unpaired) electrons. The van der Waals surface area contributed by atoms with Crippen LogP contribution < -0.4 is 0 Å². The zero-order chi connectivity index (χ0) is 12.3. The first-order valence-corrected chi connectivity index (χ1v) is 6.25. The molecule has 1 N–H and O–H groups in total. The highest BCUT2D eigenvalue weighted by atomic mass is 79.9. The fraction of sp³-hybridized carbons (Fsp3) is 0. The highest BCUT2D eigenvalue weighted by molar-refractivity contribution is 9.10. The van der Waals surface area contributed by atoms with Gasteiger partial charge in [-0.15, -0.1) is 0 Å². The van der Waals surface area contributed by atoms with Crippen LogP contribution in [0.25, 0.3) is 0 Å². The first-order chi connectivity index (χ1) is 8.16. The monoisotopic (exact) mass is 310 g/mol. The minimum atomic E-state index is -0.954. The van der Waals surface area contributed by atoms with Crippen LogP contribution in [0.3, 0.4) is 0 Å². The number of halogens is 1. The molecule has 86 valence electrons. The Bertz CT molecular complexity index is 548. The van der Waals surface area contributed by atoms with Gasteiger partial charge in [-0.25, -0.2) is 14.8 Å². The van der Waals surface area contributed by atoms with Crippen molar-refractivity contribution in [2.24, 2.45) is 0 Å². The molecule has 0 aliphatic heterocycles. The van der Waals surface area contributed by atoms with E-state index in [1.54, 1.807) is 36.7 Å². The van der Waals surface area contributed by atoms with Crippen molar-refractivity contribution < 1.29 is 9.90 Å². The van der Waals surface area contributed by atoms with Crippen molar-refractivity contribution in [2.45, 2.75) is 10.1 Å². The zero-order valence-corrected chi connectivity index (χ0v) is 10.9. The number of aromatic nitrogens is 2. The van der Waals surface area contributed by atoms with E-state index in [9.17, 15) is 4.79 Å². The summed E-state index contributed by atoms with van der Waals surface area (Å²) in [5, 5.41) is 9.51. The average Bonchev–Trinajstić information content (AvgIpc) is 2.30. The molecule has 0 unspecified atom stereocenters. The Hall–Kier alpha value is -1.40. The number of carbonyl (C=O) groups is 1. The number of nitrogens with zero attached hydrogens (tertiary/aromatic N) is 2. The largest absolute Gasteiger partial charge is 0.478 e. The summed E-state index contributed by atoms with van der Waals surface area (Å²) in [4.78, 5) is 19.9. The van der Waals surface area contributed by atoms with E-state index < -0.39 is 5.97 Å². The smallest absolute Gasteiger partial charge is 0.336 e. The molecule has 17 heavy (non-hydrogen) atoms. The first-order valence-electron chi connectivity index (χ1n) is 4.64. The molecule has 0 saturated heterocycles. The maximum Gasteiger partial charge on any atom is 0.336 e. The molecule has 6 heteroatoms. The summed E-state index contributed by atoms with van der Waals surface area (Å²) in [7, 11) is 0. The fourth-order valence-electron chi connectivity index (χ4n) is 1.18. The van der Waals surface area contributed by atoms with E-state index in [0.29, 0.717) is 9.63 Å². The topological polar surface area (TPSA) is 63.1 Å². The van der Waals surface area contributed by atoms with Gasteiger partial charge < -0.3 is 5.11 Å². The van der Waals surface area contributed by atoms with Gasteiger partial charge in [0.2, 0.25) is 0 Å². The number of aromatic carboxylic acids is 1. The van der Waals surface area contributed by atoms with E-state index >= 15 is 0 Å². The summed E-state index contributed by atoms with van der Waals surface area (Å²) in [6.45, 7) is 0. The zero-order valence-electron chi connectivity index (χ0n) is 8.50. The molecular formula is C11H7BrN2O2S. The van der Waals surface area contributed by atoms with Crippen LogP contribution in [-0.4, -0.2) is 21.0 Å². The predicted molar refractivity (Wildman–Crippen MR) is 67.3 cm³/mol. The summed E-state index contributed by atoms with van der Waals surface area (Å²) in [5.74, 6) is -0.954. The molecule has 0 saturated carbocycles. The third kappa shape index (κ3) is 3.04. The van der Waals surface area contributed by atoms with Crippen LogP contribution in [0, 0.1) is 0 Å². The maximum absolute atomic E-state index is 10.8. The highest BCUT2D eigenvalue weighted by Crippen LogP contribution is 2.28. The second-order valence-electron chi connectivity index (χ2n) is 3.08. The Kier molecular flexibility index (Phi) is 3.75. The SMILES string of the molecule is O=C(O)c1ccc(Sc2ncccn2)cc1Br. The van der Waals surface area contributed by atoms with Crippen molar-refractivity contribution in [2.75, 3.05) is 0 Å². The molecule has 2 aromatic rings. The predicted octanol–water partition coefficient (Wildman–Crippen LogP) is 3.09.